The Hall–Kier alpha value is -0.780. The molecule has 39 heavy (non-hydrogen) atoms. The minimum Gasteiger partial charge on any atom is -0.0654 e. The van der Waals surface area contributed by atoms with Crippen LogP contribution in [-0.4, -0.2) is 0 Å². The molecule has 3 fully saturated rings. The van der Waals surface area contributed by atoms with E-state index in [0.717, 1.165) is 35.5 Å². The summed E-state index contributed by atoms with van der Waals surface area (Å²) < 4.78 is 0. The summed E-state index contributed by atoms with van der Waals surface area (Å²) in [5.41, 5.74) is 3.23. The van der Waals surface area contributed by atoms with E-state index in [1.165, 1.54) is 135 Å². The summed E-state index contributed by atoms with van der Waals surface area (Å²) in [6.45, 7) is 4.65. The van der Waals surface area contributed by atoms with Crippen LogP contribution < -0.4 is 0 Å². The molecule has 0 N–H and O–H groups in total. The Morgan fingerprint density at radius 2 is 0.897 bits per heavy atom. The summed E-state index contributed by atoms with van der Waals surface area (Å²) in [5.74, 6) is 6.06. The second-order valence-corrected chi connectivity index (χ2v) is 14.6. The lowest BCUT2D eigenvalue weighted by molar-refractivity contribution is 0.140. The zero-order valence-corrected chi connectivity index (χ0v) is 26.5. The van der Waals surface area contributed by atoms with Gasteiger partial charge in [0.2, 0.25) is 0 Å². The quantitative estimate of drug-likeness (QED) is 0.185. The van der Waals surface area contributed by atoms with Crippen molar-refractivity contribution in [3.05, 3.63) is 35.4 Å². The monoisotopic (exact) mass is 535 g/mol. The predicted octanol–water partition coefficient (Wildman–Crippen LogP) is 12.8. The summed E-state index contributed by atoms with van der Waals surface area (Å²) in [6, 6.07) is 9.97. The van der Waals surface area contributed by atoms with Crippen LogP contribution in [0.2, 0.25) is 0 Å². The highest BCUT2D eigenvalue weighted by Crippen LogP contribution is 2.43. The standard InChI is InChI=1S/C39H66/c1-3-5-7-9-11-13-33-18-26-37(27-19-33)39-30-22-35(23-31-39)15-14-34-20-28-38(29-21-34)36-24-16-32(17-25-36)12-10-8-6-4-2/h20-21,28-29,32-33,35-37,39H,3-19,22-27,30-31H2,1-2H3. The van der Waals surface area contributed by atoms with Crippen LogP contribution in [0.3, 0.4) is 0 Å². The van der Waals surface area contributed by atoms with E-state index in [4.69, 9.17) is 0 Å². The van der Waals surface area contributed by atoms with Crippen LogP contribution in [0.1, 0.15) is 185 Å². The summed E-state index contributed by atoms with van der Waals surface area (Å²) in [6.07, 6.45) is 36.9. The fourth-order valence-electron chi connectivity index (χ4n) is 8.90. The molecule has 1 aromatic carbocycles. The maximum atomic E-state index is 2.50. The number of unbranched alkanes of at least 4 members (excludes halogenated alkanes) is 7. The molecule has 0 radical (unpaired) electrons. The molecule has 0 unspecified atom stereocenters. The van der Waals surface area contributed by atoms with Crippen molar-refractivity contribution in [2.45, 2.75) is 180 Å². The molecule has 3 saturated carbocycles. The van der Waals surface area contributed by atoms with Crippen LogP contribution in [-0.2, 0) is 6.42 Å². The molecular weight excluding hydrogens is 468 g/mol. The van der Waals surface area contributed by atoms with Crippen molar-refractivity contribution in [3.8, 4) is 0 Å². The molecule has 0 spiro atoms. The molecule has 0 atom stereocenters. The molecule has 222 valence electrons. The zero-order valence-electron chi connectivity index (χ0n) is 26.5. The predicted molar refractivity (Wildman–Crippen MR) is 172 cm³/mol. The van der Waals surface area contributed by atoms with Crippen molar-refractivity contribution in [2.75, 3.05) is 0 Å². The Balaban J connectivity index is 1.06. The smallest absolute Gasteiger partial charge is 0.0162 e. The van der Waals surface area contributed by atoms with Crippen LogP contribution in [0.15, 0.2) is 24.3 Å². The first-order chi connectivity index (χ1) is 19.2. The molecule has 1 aromatic rings. The lowest BCUT2D eigenvalue weighted by atomic mass is 9.68. The third-order valence-electron chi connectivity index (χ3n) is 11.8. The van der Waals surface area contributed by atoms with Gasteiger partial charge in [0.15, 0.2) is 0 Å². The molecule has 0 bridgehead atoms. The van der Waals surface area contributed by atoms with Crippen molar-refractivity contribution in [3.63, 3.8) is 0 Å². The van der Waals surface area contributed by atoms with Crippen molar-refractivity contribution < 1.29 is 0 Å². The molecule has 4 rings (SSSR count). The number of benzene rings is 1. The van der Waals surface area contributed by atoms with Gasteiger partial charge in [-0.2, -0.15) is 0 Å². The lowest BCUT2D eigenvalue weighted by Gasteiger charge is -2.38. The average Bonchev–Trinajstić information content (AvgIpc) is 2.99. The Morgan fingerprint density at radius 1 is 0.462 bits per heavy atom. The van der Waals surface area contributed by atoms with Gasteiger partial charge in [0.1, 0.15) is 0 Å². The van der Waals surface area contributed by atoms with E-state index in [0.29, 0.717) is 0 Å². The van der Waals surface area contributed by atoms with Gasteiger partial charge in [-0.15, -0.1) is 0 Å². The van der Waals surface area contributed by atoms with E-state index in [9.17, 15) is 0 Å². The van der Waals surface area contributed by atoms with Gasteiger partial charge < -0.3 is 0 Å². The third-order valence-corrected chi connectivity index (χ3v) is 11.8. The van der Waals surface area contributed by atoms with Gasteiger partial charge in [0, 0.05) is 0 Å². The minimum atomic E-state index is 0.835. The number of rotatable bonds is 16. The zero-order chi connectivity index (χ0) is 27.1. The molecule has 3 aliphatic rings. The maximum Gasteiger partial charge on any atom is -0.0162 e. The van der Waals surface area contributed by atoms with E-state index >= 15 is 0 Å². The highest BCUT2D eigenvalue weighted by molar-refractivity contribution is 5.26. The van der Waals surface area contributed by atoms with Crippen LogP contribution in [0.4, 0.5) is 0 Å². The normalized spacial score (nSPS) is 29.9. The molecule has 0 heterocycles. The fourth-order valence-corrected chi connectivity index (χ4v) is 8.90. The molecule has 3 aliphatic carbocycles. The van der Waals surface area contributed by atoms with E-state index in [2.05, 4.69) is 38.1 Å². The first-order valence-electron chi connectivity index (χ1n) is 18.3. The largest absolute Gasteiger partial charge is 0.0654 e. The second kappa shape index (κ2) is 17.9. The minimum absolute atomic E-state index is 0.835. The molecule has 0 nitrogen and oxygen atoms in total. The average molecular weight is 535 g/mol. The first kappa shape index (κ1) is 31.2. The van der Waals surface area contributed by atoms with Gasteiger partial charge in [-0.1, -0.05) is 134 Å². The van der Waals surface area contributed by atoms with Crippen LogP contribution in [0.25, 0.3) is 0 Å². The highest BCUT2D eigenvalue weighted by atomic mass is 14.4. The van der Waals surface area contributed by atoms with Crippen molar-refractivity contribution in [1.82, 2.24) is 0 Å². The number of hydrogen-bond acceptors (Lipinski definition) is 0. The molecule has 0 aliphatic heterocycles. The molecule has 0 saturated heterocycles. The van der Waals surface area contributed by atoms with Gasteiger partial charge >= 0.3 is 0 Å². The Bertz CT molecular complexity index is 722. The van der Waals surface area contributed by atoms with Crippen LogP contribution >= 0.6 is 0 Å². The third kappa shape index (κ3) is 10.9. The number of hydrogen-bond donors (Lipinski definition) is 0. The van der Waals surface area contributed by atoms with E-state index in [1.807, 2.05) is 0 Å². The Morgan fingerprint density at radius 3 is 1.41 bits per heavy atom. The fraction of sp³-hybridized carbons (Fsp3) is 0.846. The Kier molecular flexibility index (Phi) is 14.3. The van der Waals surface area contributed by atoms with Crippen LogP contribution in [0.5, 0.6) is 0 Å². The summed E-state index contributed by atoms with van der Waals surface area (Å²) in [4.78, 5) is 0. The summed E-state index contributed by atoms with van der Waals surface area (Å²) in [5, 5.41) is 0. The van der Waals surface area contributed by atoms with Gasteiger partial charge in [-0.3, -0.25) is 0 Å². The van der Waals surface area contributed by atoms with Gasteiger partial charge in [-0.05, 0) is 111 Å². The van der Waals surface area contributed by atoms with Gasteiger partial charge in [0.05, 0.1) is 0 Å². The van der Waals surface area contributed by atoms with Gasteiger partial charge in [0.25, 0.3) is 0 Å². The molecule has 0 amide bonds. The maximum absolute atomic E-state index is 2.50. The Labute approximate surface area is 244 Å². The molecule has 0 heteroatoms. The first-order valence-corrected chi connectivity index (χ1v) is 18.3. The second-order valence-electron chi connectivity index (χ2n) is 14.6. The molecule has 0 aromatic heterocycles. The molecular formula is C39H66. The van der Waals surface area contributed by atoms with Gasteiger partial charge in [-0.25, -0.2) is 0 Å². The van der Waals surface area contributed by atoms with Crippen molar-refractivity contribution >= 4 is 0 Å². The van der Waals surface area contributed by atoms with E-state index < -0.39 is 0 Å². The lowest BCUT2D eigenvalue weighted by Crippen LogP contribution is -2.26. The number of aryl methyl sites for hydroxylation is 1. The topological polar surface area (TPSA) is 0 Å². The van der Waals surface area contributed by atoms with E-state index in [1.54, 1.807) is 36.8 Å². The summed E-state index contributed by atoms with van der Waals surface area (Å²) >= 11 is 0. The van der Waals surface area contributed by atoms with E-state index in [-0.39, 0.29) is 0 Å². The van der Waals surface area contributed by atoms with Crippen molar-refractivity contribution in [2.24, 2.45) is 29.6 Å². The SMILES string of the molecule is CCCCCCCC1CCC(C2CCC(CCc3ccc(C4CCC(CCCCCC)CC4)cc3)CC2)CC1. The van der Waals surface area contributed by atoms with Crippen molar-refractivity contribution in [1.29, 1.82) is 0 Å². The summed E-state index contributed by atoms with van der Waals surface area (Å²) in [7, 11) is 0. The van der Waals surface area contributed by atoms with Crippen LogP contribution in [0, 0.1) is 29.6 Å². The highest BCUT2D eigenvalue weighted by Gasteiger charge is 2.30.